The molecule has 0 saturated carbocycles. The molecule has 0 atom stereocenters. The molecule has 0 spiro atoms. The fraction of sp³-hybridized carbons (Fsp3) is 0.364. The number of hydrogen-bond acceptors (Lipinski definition) is 5. The van der Waals surface area contributed by atoms with Gasteiger partial charge in [-0.1, -0.05) is 39.4 Å². The molecular formula is C22H25BrN4OS. The van der Waals surface area contributed by atoms with E-state index in [1.807, 2.05) is 24.3 Å². The Kier molecular flexibility index (Phi) is 6.18. The van der Waals surface area contributed by atoms with Crippen molar-refractivity contribution >= 4 is 48.5 Å². The molecule has 2 heterocycles. The monoisotopic (exact) mass is 472 g/mol. The summed E-state index contributed by atoms with van der Waals surface area (Å²) < 4.78 is 2.28. The number of rotatable bonds is 5. The third kappa shape index (κ3) is 4.63. The van der Waals surface area contributed by atoms with Crippen LogP contribution in [0.2, 0.25) is 0 Å². The van der Waals surface area contributed by atoms with Crippen molar-refractivity contribution in [3.05, 3.63) is 57.6 Å². The Morgan fingerprint density at radius 3 is 2.45 bits per heavy atom. The van der Waals surface area contributed by atoms with Gasteiger partial charge in [-0.15, -0.1) is 0 Å². The van der Waals surface area contributed by atoms with Gasteiger partial charge >= 0.3 is 0 Å². The highest BCUT2D eigenvalue weighted by atomic mass is 79.9. The van der Waals surface area contributed by atoms with E-state index < -0.39 is 0 Å². The van der Waals surface area contributed by atoms with Gasteiger partial charge in [0, 0.05) is 49.3 Å². The number of aryl methyl sites for hydroxylation is 2. The maximum Gasteiger partial charge on any atom is 0.251 e. The molecule has 152 valence electrons. The van der Waals surface area contributed by atoms with Gasteiger partial charge in [-0.3, -0.25) is 9.69 Å². The van der Waals surface area contributed by atoms with E-state index in [4.69, 9.17) is 4.98 Å². The second-order valence-corrected chi connectivity index (χ2v) is 9.36. The fourth-order valence-electron chi connectivity index (χ4n) is 3.58. The molecule has 0 aliphatic carbocycles. The maximum absolute atomic E-state index is 12.2. The van der Waals surface area contributed by atoms with E-state index in [0.29, 0.717) is 12.1 Å². The second-order valence-electron chi connectivity index (χ2n) is 7.47. The first-order chi connectivity index (χ1) is 14.0. The van der Waals surface area contributed by atoms with Gasteiger partial charge in [0.05, 0.1) is 10.2 Å². The lowest BCUT2D eigenvalue weighted by molar-refractivity contribution is 0.0948. The second kappa shape index (κ2) is 8.81. The fourth-order valence-corrected chi connectivity index (χ4v) is 5.00. The Bertz CT molecular complexity index is 971. The number of carbonyl (C=O) groups excluding carboxylic acids is 1. The van der Waals surface area contributed by atoms with Crippen LogP contribution in [0.3, 0.4) is 0 Å². The Morgan fingerprint density at radius 1 is 1.07 bits per heavy atom. The number of nitrogens with one attached hydrogen (secondary N) is 1. The minimum absolute atomic E-state index is 0.0173. The Labute approximate surface area is 183 Å². The first-order valence-electron chi connectivity index (χ1n) is 9.89. The zero-order valence-electron chi connectivity index (χ0n) is 16.7. The molecule has 1 amide bonds. The molecule has 1 aliphatic heterocycles. The van der Waals surface area contributed by atoms with E-state index in [2.05, 4.69) is 57.0 Å². The normalized spacial score (nSPS) is 15.1. The lowest BCUT2D eigenvalue weighted by Crippen LogP contribution is -2.48. The molecule has 7 heteroatoms. The smallest absolute Gasteiger partial charge is 0.251 e. The molecule has 1 saturated heterocycles. The van der Waals surface area contributed by atoms with E-state index >= 15 is 0 Å². The number of amides is 1. The standard InChI is InChI=1S/C22H25BrN4OS/c1-15-3-4-16(2)20-19(15)25-22(29-20)27-13-11-26(12-14-27)10-9-24-21(28)17-5-7-18(23)8-6-17/h3-8H,9-14H2,1-2H3,(H,24,28). The van der Waals surface area contributed by atoms with Gasteiger partial charge in [-0.05, 0) is 49.2 Å². The van der Waals surface area contributed by atoms with Crippen molar-refractivity contribution in [1.82, 2.24) is 15.2 Å². The van der Waals surface area contributed by atoms with Crippen molar-refractivity contribution in [3.8, 4) is 0 Å². The molecule has 4 rings (SSSR count). The van der Waals surface area contributed by atoms with Gasteiger partial charge in [-0.2, -0.15) is 0 Å². The number of thiazole rings is 1. The zero-order chi connectivity index (χ0) is 20.4. The molecule has 0 unspecified atom stereocenters. The van der Waals surface area contributed by atoms with E-state index in [1.54, 1.807) is 11.3 Å². The molecule has 0 radical (unpaired) electrons. The Balaban J connectivity index is 1.27. The highest BCUT2D eigenvalue weighted by molar-refractivity contribution is 9.10. The lowest BCUT2D eigenvalue weighted by atomic mass is 10.1. The molecule has 1 aromatic heterocycles. The number of carbonyl (C=O) groups is 1. The van der Waals surface area contributed by atoms with Crippen LogP contribution in [0, 0.1) is 13.8 Å². The molecule has 3 aromatic rings. The predicted molar refractivity (Wildman–Crippen MR) is 124 cm³/mol. The molecule has 5 nitrogen and oxygen atoms in total. The van der Waals surface area contributed by atoms with Crippen LogP contribution in [0.4, 0.5) is 5.13 Å². The van der Waals surface area contributed by atoms with Gasteiger partial charge in [-0.25, -0.2) is 4.98 Å². The summed E-state index contributed by atoms with van der Waals surface area (Å²) in [4.78, 5) is 21.9. The summed E-state index contributed by atoms with van der Waals surface area (Å²) in [5.74, 6) is -0.0173. The number of nitrogens with zero attached hydrogens (tertiary/aromatic N) is 3. The third-order valence-electron chi connectivity index (χ3n) is 5.39. The summed E-state index contributed by atoms with van der Waals surface area (Å²) in [6, 6.07) is 11.8. The number of halogens is 1. The van der Waals surface area contributed by atoms with Crippen molar-refractivity contribution in [2.24, 2.45) is 0 Å². The molecule has 1 fully saturated rings. The summed E-state index contributed by atoms with van der Waals surface area (Å²) in [6.07, 6.45) is 0. The van der Waals surface area contributed by atoms with Crippen LogP contribution >= 0.6 is 27.3 Å². The molecule has 1 aliphatic rings. The van der Waals surface area contributed by atoms with Gasteiger partial charge in [0.1, 0.15) is 0 Å². The quantitative estimate of drug-likeness (QED) is 0.603. The Hall–Kier alpha value is -1.96. The average molecular weight is 473 g/mol. The predicted octanol–water partition coefficient (Wildman–Crippen LogP) is 4.23. The zero-order valence-corrected chi connectivity index (χ0v) is 19.1. The molecule has 0 bridgehead atoms. The van der Waals surface area contributed by atoms with Crippen LogP contribution in [0.5, 0.6) is 0 Å². The first-order valence-corrected chi connectivity index (χ1v) is 11.5. The van der Waals surface area contributed by atoms with Crippen LogP contribution in [-0.2, 0) is 0 Å². The van der Waals surface area contributed by atoms with Crippen molar-refractivity contribution < 1.29 is 4.79 Å². The molecule has 1 N–H and O–H groups in total. The van der Waals surface area contributed by atoms with Crippen molar-refractivity contribution in [2.45, 2.75) is 13.8 Å². The number of fused-ring (bicyclic) bond motifs is 1. The van der Waals surface area contributed by atoms with Gasteiger partial charge in [0.25, 0.3) is 5.91 Å². The lowest BCUT2D eigenvalue weighted by Gasteiger charge is -2.34. The number of benzene rings is 2. The average Bonchev–Trinajstić information content (AvgIpc) is 3.19. The Morgan fingerprint density at radius 2 is 1.76 bits per heavy atom. The number of anilines is 1. The number of aromatic nitrogens is 1. The summed E-state index contributed by atoms with van der Waals surface area (Å²) >= 11 is 5.19. The summed E-state index contributed by atoms with van der Waals surface area (Å²) in [5, 5.41) is 4.14. The molecule has 29 heavy (non-hydrogen) atoms. The van der Waals surface area contributed by atoms with Crippen molar-refractivity contribution in [3.63, 3.8) is 0 Å². The third-order valence-corrected chi connectivity index (χ3v) is 7.17. The minimum atomic E-state index is -0.0173. The van der Waals surface area contributed by atoms with E-state index in [9.17, 15) is 4.79 Å². The largest absolute Gasteiger partial charge is 0.351 e. The summed E-state index contributed by atoms with van der Waals surface area (Å²) in [7, 11) is 0. The number of piperazine rings is 1. The van der Waals surface area contributed by atoms with Crippen LogP contribution in [0.15, 0.2) is 40.9 Å². The van der Waals surface area contributed by atoms with Gasteiger partial charge in [0.15, 0.2) is 5.13 Å². The maximum atomic E-state index is 12.2. The first kappa shape index (κ1) is 20.3. The minimum Gasteiger partial charge on any atom is -0.351 e. The van der Waals surface area contributed by atoms with Crippen LogP contribution in [-0.4, -0.2) is 55.1 Å². The van der Waals surface area contributed by atoms with Crippen LogP contribution in [0.25, 0.3) is 10.2 Å². The van der Waals surface area contributed by atoms with Crippen molar-refractivity contribution in [2.75, 3.05) is 44.2 Å². The topological polar surface area (TPSA) is 48.5 Å². The van der Waals surface area contributed by atoms with Crippen LogP contribution < -0.4 is 10.2 Å². The van der Waals surface area contributed by atoms with E-state index in [1.165, 1.54) is 15.8 Å². The van der Waals surface area contributed by atoms with Crippen molar-refractivity contribution in [1.29, 1.82) is 0 Å². The van der Waals surface area contributed by atoms with Crippen LogP contribution in [0.1, 0.15) is 21.5 Å². The van der Waals surface area contributed by atoms with E-state index in [-0.39, 0.29) is 5.91 Å². The van der Waals surface area contributed by atoms with Gasteiger partial charge < -0.3 is 10.2 Å². The highest BCUT2D eigenvalue weighted by Gasteiger charge is 2.20. The molecule has 2 aromatic carbocycles. The molecular weight excluding hydrogens is 448 g/mol. The SMILES string of the molecule is Cc1ccc(C)c2sc(N3CCN(CCNC(=O)c4ccc(Br)cc4)CC3)nc12. The number of hydrogen-bond donors (Lipinski definition) is 1. The van der Waals surface area contributed by atoms with Gasteiger partial charge in [0.2, 0.25) is 0 Å². The highest BCUT2D eigenvalue weighted by Crippen LogP contribution is 2.33. The summed E-state index contributed by atoms with van der Waals surface area (Å²) in [5.41, 5.74) is 4.38. The van der Waals surface area contributed by atoms with E-state index in [0.717, 1.165) is 47.8 Å². The summed E-state index contributed by atoms with van der Waals surface area (Å²) in [6.45, 7) is 9.74.